The van der Waals surface area contributed by atoms with Gasteiger partial charge in [-0.3, -0.25) is 0 Å². The van der Waals surface area contributed by atoms with Crippen molar-refractivity contribution in [3.63, 3.8) is 0 Å². The summed E-state index contributed by atoms with van der Waals surface area (Å²) in [7, 11) is 0. The molecule has 0 heterocycles. The van der Waals surface area contributed by atoms with E-state index in [1.165, 1.54) is 0 Å². The van der Waals surface area contributed by atoms with Gasteiger partial charge in [0, 0.05) is 6.07 Å². The molecule has 0 aliphatic rings. The third-order valence-corrected chi connectivity index (χ3v) is 2.03. The summed E-state index contributed by atoms with van der Waals surface area (Å²) in [6.07, 6.45) is 0. The van der Waals surface area contributed by atoms with Gasteiger partial charge < -0.3 is 10.8 Å². The number of carboxylic acids is 1. The molecule has 92 valence electrons. The Labute approximate surface area is 98.5 Å². The van der Waals surface area contributed by atoms with Crippen molar-refractivity contribution in [1.29, 1.82) is 0 Å². The van der Waals surface area contributed by atoms with Gasteiger partial charge in [-0.1, -0.05) is 0 Å². The Morgan fingerprint density at radius 2 is 2.00 bits per heavy atom. The zero-order valence-corrected chi connectivity index (χ0v) is 8.93. The van der Waals surface area contributed by atoms with E-state index in [1.54, 1.807) is 0 Å². The Morgan fingerprint density at radius 3 is 2.47 bits per heavy atom. The fourth-order valence-corrected chi connectivity index (χ4v) is 1.10. The lowest BCUT2D eigenvalue weighted by molar-refractivity contribution is 0.0685. The van der Waals surface area contributed by atoms with Gasteiger partial charge in [-0.25, -0.2) is 23.0 Å². The van der Waals surface area contributed by atoms with Crippen LogP contribution >= 0.6 is 11.6 Å². The van der Waals surface area contributed by atoms with Gasteiger partial charge >= 0.3 is 5.97 Å². The molecule has 0 bridgehead atoms. The minimum absolute atomic E-state index is 0.257. The number of hydrogen-bond donors (Lipinski definition) is 2. The fraction of sp³-hybridized carbons (Fsp3) is 0.111. The second kappa shape index (κ2) is 5.05. The average molecular weight is 267 g/mol. The maximum absolute atomic E-state index is 13.5. The van der Waals surface area contributed by atoms with E-state index in [4.69, 9.17) is 22.4 Å². The number of carbonyl (C=O) groups is 1. The maximum Gasteiger partial charge on any atom is 0.341 e. The third-order valence-electron chi connectivity index (χ3n) is 1.75. The molecule has 1 rings (SSSR count). The van der Waals surface area contributed by atoms with Crippen molar-refractivity contribution in [1.82, 2.24) is 0 Å². The van der Waals surface area contributed by atoms with Crippen LogP contribution in [0.5, 0.6) is 0 Å². The van der Waals surface area contributed by atoms with Crippen molar-refractivity contribution in [3.8, 4) is 0 Å². The summed E-state index contributed by atoms with van der Waals surface area (Å²) in [5.74, 6) is -7.30. The minimum Gasteiger partial charge on any atom is -0.477 e. The molecule has 0 spiro atoms. The molecule has 0 saturated heterocycles. The van der Waals surface area contributed by atoms with Crippen LogP contribution in [0.15, 0.2) is 11.1 Å². The first-order valence-electron chi connectivity index (χ1n) is 4.18. The first-order valence-corrected chi connectivity index (χ1v) is 4.71. The van der Waals surface area contributed by atoms with Crippen LogP contribution in [0.4, 0.5) is 18.9 Å². The molecule has 1 aromatic carbocycles. The molecule has 0 aromatic heterocycles. The number of alkyl halides is 1. The largest absolute Gasteiger partial charge is 0.477 e. The maximum atomic E-state index is 13.5. The van der Waals surface area contributed by atoms with Crippen molar-refractivity contribution in [2.24, 2.45) is 10.7 Å². The van der Waals surface area contributed by atoms with Crippen LogP contribution in [-0.4, -0.2) is 22.8 Å². The van der Waals surface area contributed by atoms with E-state index in [2.05, 4.69) is 4.99 Å². The lowest BCUT2D eigenvalue weighted by Gasteiger charge is -2.04. The Morgan fingerprint density at radius 1 is 1.41 bits per heavy atom. The normalized spacial score (nSPS) is 11.6. The van der Waals surface area contributed by atoms with Gasteiger partial charge in [0.2, 0.25) is 0 Å². The molecule has 0 radical (unpaired) electrons. The van der Waals surface area contributed by atoms with Crippen LogP contribution in [-0.2, 0) is 0 Å². The summed E-state index contributed by atoms with van der Waals surface area (Å²) >= 11 is 5.27. The van der Waals surface area contributed by atoms with Gasteiger partial charge in [0.25, 0.3) is 0 Å². The number of benzene rings is 1. The number of aromatic carboxylic acids is 1. The number of aliphatic imine (C=N–C) groups is 1. The summed E-state index contributed by atoms with van der Waals surface area (Å²) in [5.41, 5.74) is 3.03. The predicted octanol–water partition coefficient (Wildman–Crippen LogP) is 2.03. The molecule has 1 aromatic rings. The molecule has 4 nitrogen and oxygen atoms in total. The van der Waals surface area contributed by atoms with Gasteiger partial charge in [-0.05, 0) is 0 Å². The fourth-order valence-electron chi connectivity index (χ4n) is 1.04. The van der Waals surface area contributed by atoms with Gasteiger partial charge in [0.05, 0.1) is 5.88 Å². The molecule has 3 N–H and O–H groups in total. The van der Waals surface area contributed by atoms with E-state index in [9.17, 15) is 18.0 Å². The Bertz CT molecular complexity index is 506. The number of hydrogen-bond acceptors (Lipinski definition) is 2. The van der Waals surface area contributed by atoms with Gasteiger partial charge in [-0.2, -0.15) is 0 Å². The van der Waals surface area contributed by atoms with Crippen LogP contribution in [0.25, 0.3) is 0 Å². The second-order valence-electron chi connectivity index (χ2n) is 2.92. The average Bonchev–Trinajstić information content (AvgIpc) is 2.25. The van der Waals surface area contributed by atoms with E-state index >= 15 is 0 Å². The molecule has 0 aliphatic carbocycles. The summed E-state index contributed by atoms with van der Waals surface area (Å²) < 4.78 is 39.5. The summed E-state index contributed by atoms with van der Waals surface area (Å²) in [6.45, 7) is 0. The first-order chi connectivity index (χ1) is 7.88. The third kappa shape index (κ3) is 2.68. The van der Waals surface area contributed by atoms with Crippen LogP contribution in [0.1, 0.15) is 10.4 Å². The monoisotopic (exact) mass is 266 g/mol. The molecular weight excluding hydrogens is 261 g/mol. The summed E-state index contributed by atoms with van der Waals surface area (Å²) in [6, 6.07) is 0.399. The standard InChI is InChI=1S/C9H6ClF3N2O2/c10-2-5(14)15-4-1-3(11)7(12)6(8(4)13)9(16)17/h1H,2H2,(H2,14,15)(H,16,17). The van der Waals surface area contributed by atoms with Gasteiger partial charge in [-0.15, -0.1) is 11.6 Å². The van der Waals surface area contributed by atoms with Gasteiger partial charge in [0.1, 0.15) is 17.1 Å². The van der Waals surface area contributed by atoms with Crippen LogP contribution in [0.3, 0.4) is 0 Å². The number of nitrogens with zero attached hydrogens (tertiary/aromatic N) is 1. The molecule has 0 unspecified atom stereocenters. The predicted molar refractivity (Wildman–Crippen MR) is 55.3 cm³/mol. The zero-order chi connectivity index (χ0) is 13.2. The van der Waals surface area contributed by atoms with Crippen molar-refractivity contribution >= 4 is 29.1 Å². The summed E-state index contributed by atoms with van der Waals surface area (Å²) in [5, 5.41) is 8.53. The highest BCUT2D eigenvalue weighted by Crippen LogP contribution is 2.26. The van der Waals surface area contributed by atoms with E-state index in [-0.39, 0.29) is 11.7 Å². The molecule has 0 atom stereocenters. The van der Waals surface area contributed by atoms with E-state index in [1.807, 2.05) is 0 Å². The topological polar surface area (TPSA) is 75.7 Å². The van der Waals surface area contributed by atoms with Gasteiger partial charge in [0.15, 0.2) is 17.5 Å². The zero-order valence-electron chi connectivity index (χ0n) is 8.18. The number of amidine groups is 1. The molecule has 0 amide bonds. The highest BCUT2D eigenvalue weighted by atomic mass is 35.5. The number of halogens is 4. The molecule has 17 heavy (non-hydrogen) atoms. The van der Waals surface area contributed by atoms with Crippen molar-refractivity contribution in [2.45, 2.75) is 0 Å². The lowest BCUT2D eigenvalue weighted by atomic mass is 10.1. The van der Waals surface area contributed by atoms with E-state index in [0.29, 0.717) is 6.07 Å². The quantitative estimate of drug-likeness (QED) is 0.380. The highest BCUT2D eigenvalue weighted by molar-refractivity contribution is 6.28. The molecular formula is C9H6ClF3N2O2. The van der Waals surface area contributed by atoms with Crippen molar-refractivity contribution < 1.29 is 23.1 Å². The molecule has 0 aliphatic heterocycles. The summed E-state index contributed by atoms with van der Waals surface area (Å²) in [4.78, 5) is 13.9. The minimum atomic E-state index is -1.94. The van der Waals surface area contributed by atoms with Crippen LogP contribution in [0, 0.1) is 17.5 Å². The van der Waals surface area contributed by atoms with Crippen molar-refractivity contribution in [2.75, 3.05) is 5.88 Å². The Kier molecular flexibility index (Phi) is 3.95. The number of rotatable bonds is 3. The van der Waals surface area contributed by atoms with E-state index in [0.717, 1.165) is 0 Å². The first kappa shape index (κ1) is 13.3. The Hall–Kier alpha value is -1.76. The SMILES string of the molecule is NC(CCl)=Nc1cc(F)c(F)c(C(=O)O)c1F. The second-order valence-corrected chi connectivity index (χ2v) is 3.19. The number of carboxylic acid groups (broad SMARTS) is 1. The molecule has 0 fully saturated rings. The highest BCUT2D eigenvalue weighted by Gasteiger charge is 2.24. The number of nitrogens with two attached hydrogens (primary N) is 1. The van der Waals surface area contributed by atoms with Crippen molar-refractivity contribution in [3.05, 3.63) is 29.1 Å². The smallest absolute Gasteiger partial charge is 0.341 e. The molecule has 8 heteroatoms. The molecule has 0 saturated carbocycles. The van der Waals surface area contributed by atoms with Crippen LogP contribution < -0.4 is 5.73 Å². The lowest BCUT2D eigenvalue weighted by Crippen LogP contribution is -2.13. The Balaban J connectivity index is 3.50. The van der Waals surface area contributed by atoms with Crippen LogP contribution in [0.2, 0.25) is 0 Å². The van der Waals surface area contributed by atoms with E-state index < -0.39 is 34.7 Å².